The van der Waals surface area contributed by atoms with Crippen LogP contribution in [0, 0.1) is 0 Å². The molecule has 1 saturated heterocycles. The first-order valence-corrected chi connectivity index (χ1v) is 8.30. The second-order valence-electron chi connectivity index (χ2n) is 4.68. The van der Waals surface area contributed by atoms with Crippen LogP contribution in [0.2, 0.25) is 0 Å². The molecule has 0 aromatic carbocycles. The number of aliphatic imine (C=N–C) groups is 1. The van der Waals surface area contributed by atoms with E-state index in [0.29, 0.717) is 19.0 Å². The van der Waals surface area contributed by atoms with Crippen molar-refractivity contribution in [3.63, 3.8) is 0 Å². The lowest BCUT2D eigenvalue weighted by Gasteiger charge is -2.20. The zero-order valence-corrected chi connectivity index (χ0v) is 12.0. The van der Waals surface area contributed by atoms with E-state index in [1.54, 1.807) is 0 Å². The second kappa shape index (κ2) is 6.94. The molecule has 0 aliphatic carbocycles. The molecule has 18 heavy (non-hydrogen) atoms. The molecule has 1 aliphatic rings. The standard InChI is InChI=1S/C11H24N4O2S/c1-3-4-7-13-11(12)14-9-10-6-5-8-15(10)18(2,16)17/h10H,3-9H2,1-2H3,(H3,12,13,14)/t10-/m1/s1. The van der Waals surface area contributed by atoms with Gasteiger partial charge >= 0.3 is 0 Å². The predicted octanol–water partition coefficient (Wildman–Crippen LogP) is 0.115. The largest absolute Gasteiger partial charge is 0.370 e. The van der Waals surface area contributed by atoms with E-state index in [4.69, 9.17) is 5.73 Å². The molecule has 0 bridgehead atoms. The van der Waals surface area contributed by atoms with E-state index in [0.717, 1.165) is 32.2 Å². The van der Waals surface area contributed by atoms with Gasteiger partial charge in [0.25, 0.3) is 0 Å². The summed E-state index contributed by atoms with van der Waals surface area (Å²) >= 11 is 0. The van der Waals surface area contributed by atoms with Crippen LogP contribution < -0.4 is 11.1 Å². The lowest BCUT2D eigenvalue weighted by molar-refractivity contribution is 0.397. The van der Waals surface area contributed by atoms with Gasteiger partial charge in [-0.25, -0.2) is 8.42 Å². The summed E-state index contributed by atoms with van der Waals surface area (Å²) in [5.74, 6) is 0.406. The van der Waals surface area contributed by atoms with Crippen LogP contribution in [-0.4, -0.2) is 50.6 Å². The molecular formula is C11H24N4O2S. The minimum absolute atomic E-state index is 0.0356. The first-order chi connectivity index (χ1) is 8.45. The Balaban J connectivity index is 2.44. The van der Waals surface area contributed by atoms with Crippen LogP contribution >= 0.6 is 0 Å². The maximum atomic E-state index is 11.5. The van der Waals surface area contributed by atoms with E-state index < -0.39 is 10.0 Å². The van der Waals surface area contributed by atoms with Crippen LogP contribution in [0.25, 0.3) is 0 Å². The molecule has 0 aromatic rings. The average molecular weight is 276 g/mol. The minimum atomic E-state index is -3.12. The molecule has 0 spiro atoms. The molecule has 1 atom stereocenters. The smallest absolute Gasteiger partial charge is 0.211 e. The molecule has 1 rings (SSSR count). The van der Waals surface area contributed by atoms with Crippen LogP contribution in [0.5, 0.6) is 0 Å². The topological polar surface area (TPSA) is 87.8 Å². The molecule has 0 aromatic heterocycles. The third-order valence-corrected chi connectivity index (χ3v) is 4.39. The molecule has 0 unspecified atom stereocenters. The molecule has 0 amide bonds. The number of sulfonamides is 1. The number of nitrogens with two attached hydrogens (primary N) is 1. The van der Waals surface area contributed by atoms with Crippen LogP contribution in [0.4, 0.5) is 0 Å². The Morgan fingerprint density at radius 2 is 2.28 bits per heavy atom. The van der Waals surface area contributed by atoms with Gasteiger partial charge in [-0.15, -0.1) is 0 Å². The molecule has 7 heteroatoms. The van der Waals surface area contributed by atoms with Crippen molar-refractivity contribution in [2.24, 2.45) is 10.7 Å². The summed E-state index contributed by atoms with van der Waals surface area (Å²) in [6.45, 7) is 3.96. The monoisotopic (exact) mass is 276 g/mol. The fourth-order valence-corrected chi connectivity index (χ4v) is 3.26. The van der Waals surface area contributed by atoms with Crippen molar-refractivity contribution in [2.45, 2.75) is 38.6 Å². The van der Waals surface area contributed by atoms with Crippen molar-refractivity contribution in [1.82, 2.24) is 9.62 Å². The third kappa shape index (κ3) is 4.81. The van der Waals surface area contributed by atoms with Crippen LogP contribution in [0.15, 0.2) is 4.99 Å². The number of rotatable bonds is 6. The highest BCUT2D eigenvalue weighted by Crippen LogP contribution is 2.20. The maximum absolute atomic E-state index is 11.5. The van der Waals surface area contributed by atoms with Crippen LogP contribution in [0.3, 0.4) is 0 Å². The van der Waals surface area contributed by atoms with E-state index in [2.05, 4.69) is 17.2 Å². The van der Waals surface area contributed by atoms with Gasteiger partial charge in [0.05, 0.1) is 12.8 Å². The van der Waals surface area contributed by atoms with E-state index in [-0.39, 0.29) is 6.04 Å². The molecular weight excluding hydrogens is 252 g/mol. The van der Waals surface area contributed by atoms with Gasteiger partial charge in [0.1, 0.15) is 0 Å². The molecule has 106 valence electrons. The molecule has 0 saturated carbocycles. The van der Waals surface area contributed by atoms with E-state index in [9.17, 15) is 8.42 Å². The first kappa shape index (κ1) is 15.2. The number of hydrogen-bond donors (Lipinski definition) is 2. The van der Waals surface area contributed by atoms with Gasteiger partial charge in [0.2, 0.25) is 10.0 Å². The average Bonchev–Trinajstić information content (AvgIpc) is 2.74. The van der Waals surface area contributed by atoms with Gasteiger partial charge in [-0.2, -0.15) is 4.31 Å². The van der Waals surface area contributed by atoms with E-state index >= 15 is 0 Å². The second-order valence-corrected chi connectivity index (χ2v) is 6.61. The Morgan fingerprint density at radius 1 is 1.56 bits per heavy atom. The summed E-state index contributed by atoms with van der Waals surface area (Å²) < 4.78 is 24.6. The van der Waals surface area contributed by atoms with Crippen molar-refractivity contribution in [3.05, 3.63) is 0 Å². The summed E-state index contributed by atoms with van der Waals surface area (Å²) in [4.78, 5) is 4.22. The maximum Gasteiger partial charge on any atom is 0.211 e. The van der Waals surface area contributed by atoms with E-state index in [1.165, 1.54) is 10.6 Å². The molecule has 6 nitrogen and oxygen atoms in total. The number of hydrogen-bond acceptors (Lipinski definition) is 3. The SMILES string of the molecule is CCCCNC(N)=NC[C@H]1CCCN1S(C)(=O)=O. The van der Waals surface area contributed by atoms with Crippen molar-refractivity contribution in [1.29, 1.82) is 0 Å². The number of guanidine groups is 1. The van der Waals surface area contributed by atoms with Gasteiger partial charge in [0.15, 0.2) is 5.96 Å². The molecule has 1 fully saturated rings. The summed E-state index contributed by atoms with van der Waals surface area (Å²) in [5, 5.41) is 3.02. The zero-order chi connectivity index (χ0) is 13.6. The van der Waals surface area contributed by atoms with Gasteiger partial charge in [-0.05, 0) is 19.3 Å². The first-order valence-electron chi connectivity index (χ1n) is 6.45. The Labute approximate surface area is 110 Å². The lowest BCUT2D eigenvalue weighted by atomic mass is 10.2. The minimum Gasteiger partial charge on any atom is -0.370 e. The highest BCUT2D eigenvalue weighted by Gasteiger charge is 2.30. The van der Waals surface area contributed by atoms with Crippen LogP contribution in [-0.2, 0) is 10.0 Å². The zero-order valence-electron chi connectivity index (χ0n) is 11.2. The lowest BCUT2D eigenvalue weighted by Crippen LogP contribution is -2.38. The van der Waals surface area contributed by atoms with Gasteiger partial charge < -0.3 is 11.1 Å². The van der Waals surface area contributed by atoms with Gasteiger partial charge in [-0.1, -0.05) is 13.3 Å². The Hall–Kier alpha value is -0.820. The Morgan fingerprint density at radius 3 is 2.89 bits per heavy atom. The van der Waals surface area contributed by atoms with Crippen molar-refractivity contribution >= 4 is 16.0 Å². The summed E-state index contributed by atoms with van der Waals surface area (Å²) in [6.07, 6.45) is 5.16. The molecule has 1 aliphatic heterocycles. The van der Waals surface area contributed by atoms with Crippen molar-refractivity contribution < 1.29 is 8.42 Å². The highest BCUT2D eigenvalue weighted by molar-refractivity contribution is 7.88. The van der Waals surface area contributed by atoms with Gasteiger partial charge in [0, 0.05) is 19.1 Å². The number of nitrogens with zero attached hydrogens (tertiary/aromatic N) is 2. The molecule has 1 heterocycles. The number of unbranched alkanes of at least 4 members (excludes halogenated alkanes) is 1. The quantitative estimate of drug-likeness (QED) is 0.409. The summed E-state index contributed by atoms with van der Waals surface area (Å²) in [5.41, 5.74) is 5.72. The Kier molecular flexibility index (Phi) is 5.87. The Bertz CT molecular complexity index is 381. The number of nitrogens with one attached hydrogen (secondary N) is 1. The van der Waals surface area contributed by atoms with Crippen molar-refractivity contribution in [2.75, 3.05) is 25.9 Å². The molecule has 3 N–H and O–H groups in total. The van der Waals surface area contributed by atoms with Crippen LogP contribution in [0.1, 0.15) is 32.6 Å². The predicted molar refractivity (Wildman–Crippen MR) is 74.0 cm³/mol. The van der Waals surface area contributed by atoms with Crippen molar-refractivity contribution in [3.8, 4) is 0 Å². The van der Waals surface area contributed by atoms with Gasteiger partial charge in [-0.3, -0.25) is 4.99 Å². The normalized spacial score (nSPS) is 22.3. The third-order valence-electron chi connectivity index (χ3n) is 3.06. The summed E-state index contributed by atoms with van der Waals surface area (Å²) in [6, 6.07) is -0.0356. The fraction of sp³-hybridized carbons (Fsp3) is 0.909. The fourth-order valence-electron chi connectivity index (χ4n) is 2.08. The summed E-state index contributed by atoms with van der Waals surface area (Å²) in [7, 11) is -3.12. The molecule has 0 radical (unpaired) electrons. The highest BCUT2D eigenvalue weighted by atomic mass is 32.2. The van der Waals surface area contributed by atoms with E-state index in [1.807, 2.05) is 0 Å².